The average Bonchev–Trinajstić information content (AvgIpc) is 2.29. The van der Waals surface area contributed by atoms with E-state index in [0.29, 0.717) is 13.0 Å². The molecule has 5 heteroatoms. The van der Waals surface area contributed by atoms with E-state index in [4.69, 9.17) is 4.74 Å². The molecular weight excluding hydrogens is 243 g/mol. The van der Waals surface area contributed by atoms with Crippen molar-refractivity contribution in [2.24, 2.45) is 0 Å². The van der Waals surface area contributed by atoms with E-state index in [1.54, 1.807) is 13.1 Å². The molecule has 0 heterocycles. The molecule has 0 amide bonds. The molecule has 0 aromatic heterocycles. The molecule has 1 N–H and O–H groups in total. The van der Waals surface area contributed by atoms with Crippen molar-refractivity contribution >= 4 is 0 Å². The van der Waals surface area contributed by atoms with Gasteiger partial charge in [-0.1, -0.05) is 25.5 Å². The number of likely N-dealkylation sites (N-methyl/N-ethyl adjacent to an activating group) is 1. The molecule has 1 aromatic carbocycles. The molecule has 18 heavy (non-hydrogen) atoms. The highest BCUT2D eigenvalue weighted by molar-refractivity contribution is 5.35. The zero-order valence-electron chi connectivity index (χ0n) is 10.6. The Morgan fingerprint density at radius 3 is 2.50 bits per heavy atom. The Kier molecular flexibility index (Phi) is 5.47. The monoisotopic (exact) mass is 261 g/mol. The van der Waals surface area contributed by atoms with Crippen LogP contribution in [0.3, 0.4) is 0 Å². The molecule has 1 rings (SSSR count). The molecule has 1 unspecified atom stereocenters. The number of nitrogens with one attached hydrogen (secondary N) is 1. The van der Waals surface area contributed by atoms with Crippen LogP contribution in [0.15, 0.2) is 24.3 Å². The van der Waals surface area contributed by atoms with Crippen LogP contribution in [0, 0.1) is 0 Å². The maximum absolute atomic E-state index is 12.8. The second-order valence-corrected chi connectivity index (χ2v) is 4.08. The van der Waals surface area contributed by atoms with Crippen LogP contribution in [-0.4, -0.2) is 19.7 Å². The number of benzene rings is 1. The summed E-state index contributed by atoms with van der Waals surface area (Å²) in [7, 11) is 1.75. The van der Waals surface area contributed by atoms with Crippen molar-refractivity contribution in [2.45, 2.75) is 32.0 Å². The SMILES string of the molecule is CCCC(CNC)Oc1ccccc1C(F)(F)F. The first-order valence-corrected chi connectivity index (χ1v) is 5.96. The highest BCUT2D eigenvalue weighted by Crippen LogP contribution is 2.36. The van der Waals surface area contributed by atoms with E-state index in [-0.39, 0.29) is 11.9 Å². The zero-order valence-corrected chi connectivity index (χ0v) is 10.6. The molecule has 0 bridgehead atoms. The van der Waals surface area contributed by atoms with Crippen LogP contribution in [0.2, 0.25) is 0 Å². The van der Waals surface area contributed by atoms with Gasteiger partial charge in [-0.15, -0.1) is 0 Å². The highest BCUT2D eigenvalue weighted by Gasteiger charge is 2.34. The number of hydrogen-bond donors (Lipinski definition) is 1. The fraction of sp³-hybridized carbons (Fsp3) is 0.538. The summed E-state index contributed by atoms with van der Waals surface area (Å²) in [5, 5.41) is 2.92. The minimum Gasteiger partial charge on any atom is -0.488 e. The smallest absolute Gasteiger partial charge is 0.419 e. The largest absolute Gasteiger partial charge is 0.488 e. The molecule has 102 valence electrons. The minimum atomic E-state index is -4.38. The lowest BCUT2D eigenvalue weighted by Crippen LogP contribution is -2.29. The van der Waals surface area contributed by atoms with Crippen LogP contribution in [0.4, 0.5) is 13.2 Å². The van der Waals surface area contributed by atoms with E-state index in [1.165, 1.54) is 12.1 Å². The summed E-state index contributed by atoms with van der Waals surface area (Å²) < 4.78 is 43.8. The first-order valence-electron chi connectivity index (χ1n) is 5.96. The second-order valence-electron chi connectivity index (χ2n) is 4.08. The molecule has 0 saturated carbocycles. The molecule has 1 aromatic rings. The summed E-state index contributed by atoms with van der Waals surface area (Å²) in [5.41, 5.74) is -0.720. The third-order valence-electron chi connectivity index (χ3n) is 2.53. The zero-order chi connectivity index (χ0) is 13.6. The Morgan fingerprint density at radius 1 is 1.28 bits per heavy atom. The normalized spacial score (nSPS) is 13.4. The van der Waals surface area contributed by atoms with Gasteiger partial charge in [0.1, 0.15) is 11.9 Å². The molecule has 0 fully saturated rings. The lowest BCUT2D eigenvalue weighted by molar-refractivity contribution is -0.139. The average molecular weight is 261 g/mol. The third-order valence-corrected chi connectivity index (χ3v) is 2.53. The van der Waals surface area contributed by atoms with E-state index in [1.807, 2.05) is 6.92 Å². The maximum atomic E-state index is 12.8. The van der Waals surface area contributed by atoms with Crippen molar-refractivity contribution in [3.63, 3.8) is 0 Å². The maximum Gasteiger partial charge on any atom is 0.419 e. The van der Waals surface area contributed by atoms with Gasteiger partial charge in [0.05, 0.1) is 5.56 Å². The fourth-order valence-electron chi connectivity index (χ4n) is 1.74. The quantitative estimate of drug-likeness (QED) is 0.846. The molecule has 2 nitrogen and oxygen atoms in total. The van der Waals surface area contributed by atoms with E-state index in [9.17, 15) is 13.2 Å². The van der Waals surface area contributed by atoms with Gasteiger partial charge in [-0.05, 0) is 25.6 Å². The van der Waals surface area contributed by atoms with Crippen molar-refractivity contribution in [1.29, 1.82) is 0 Å². The Hall–Kier alpha value is -1.23. The van der Waals surface area contributed by atoms with Crippen LogP contribution >= 0.6 is 0 Å². The van der Waals surface area contributed by atoms with E-state index < -0.39 is 11.7 Å². The summed E-state index contributed by atoms with van der Waals surface area (Å²) in [4.78, 5) is 0. The van der Waals surface area contributed by atoms with Gasteiger partial charge in [0, 0.05) is 6.54 Å². The van der Waals surface area contributed by atoms with Crippen LogP contribution < -0.4 is 10.1 Å². The summed E-state index contributed by atoms with van der Waals surface area (Å²) in [6.45, 7) is 2.50. The lowest BCUT2D eigenvalue weighted by atomic mass is 10.1. The Morgan fingerprint density at radius 2 is 1.94 bits per heavy atom. The standard InChI is InChI=1S/C13H18F3NO/c1-3-6-10(9-17-2)18-12-8-5-4-7-11(12)13(14,15)16/h4-5,7-8,10,17H,3,6,9H2,1-2H3. The van der Waals surface area contributed by atoms with Crippen molar-refractivity contribution < 1.29 is 17.9 Å². The van der Waals surface area contributed by atoms with Crippen molar-refractivity contribution in [3.05, 3.63) is 29.8 Å². The molecule has 0 saturated heterocycles. The van der Waals surface area contributed by atoms with Crippen molar-refractivity contribution in [2.75, 3.05) is 13.6 Å². The Bertz CT molecular complexity index is 359. The topological polar surface area (TPSA) is 21.3 Å². The Balaban J connectivity index is 2.88. The molecule has 0 spiro atoms. The second kappa shape index (κ2) is 6.64. The van der Waals surface area contributed by atoms with Crippen LogP contribution in [-0.2, 0) is 6.18 Å². The van der Waals surface area contributed by atoms with E-state index in [2.05, 4.69) is 5.32 Å². The van der Waals surface area contributed by atoms with Crippen LogP contribution in [0.1, 0.15) is 25.3 Å². The van der Waals surface area contributed by atoms with E-state index in [0.717, 1.165) is 12.5 Å². The summed E-state index contributed by atoms with van der Waals surface area (Å²) in [6.07, 6.45) is -3.05. The van der Waals surface area contributed by atoms with Crippen LogP contribution in [0.25, 0.3) is 0 Å². The molecule has 0 aliphatic rings. The van der Waals surface area contributed by atoms with Gasteiger partial charge in [-0.3, -0.25) is 0 Å². The van der Waals surface area contributed by atoms with Gasteiger partial charge in [0.15, 0.2) is 0 Å². The molecule has 0 aliphatic carbocycles. The van der Waals surface area contributed by atoms with Crippen LogP contribution in [0.5, 0.6) is 5.75 Å². The predicted octanol–water partition coefficient (Wildman–Crippen LogP) is 3.47. The van der Waals surface area contributed by atoms with Crippen molar-refractivity contribution in [3.8, 4) is 5.75 Å². The molecule has 1 atom stereocenters. The van der Waals surface area contributed by atoms with Gasteiger partial charge in [0.25, 0.3) is 0 Å². The number of halogens is 3. The van der Waals surface area contributed by atoms with E-state index >= 15 is 0 Å². The number of rotatable bonds is 6. The summed E-state index contributed by atoms with van der Waals surface area (Å²) in [5.74, 6) is -0.0984. The van der Waals surface area contributed by atoms with Gasteiger partial charge < -0.3 is 10.1 Å². The van der Waals surface area contributed by atoms with Crippen molar-refractivity contribution in [1.82, 2.24) is 5.32 Å². The number of para-hydroxylation sites is 1. The van der Waals surface area contributed by atoms with Gasteiger partial charge in [0.2, 0.25) is 0 Å². The molecule has 0 aliphatic heterocycles. The fourth-order valence-corrected chi connectivity index (χ4v) is 1.74. The number of alkyl halides is 3. The summed E-state index contributed by atoms with van der Waals surface area (Å²) >= 11 is 0. The van der Waals surface area contributed by atoms with Gasteiger partial charge in [-0.25, -0.2) is 0 Å². The highest BCUT2D eigenvalue weighted by atomic mass is 19.4. The lowest BCUT2D eigenvalue weighted by Gasteiger charge is -2.21. The molecular formula is C13H18F3NO. The summed E-state index contributed by atoms with van der Waals surface area (Å²) in [6, 6.07) is 5.31. The van der Waals surface area contributed by atoms with Gasteiger partial charge in [-0.2, -0.15) is 13.2 Å². The van der Waals surface area contributed by atoms with Gasteiger partial charge >= 0.3 is 6.18 Å². The predicted molar refractivity (Wildman–Crippen MR) is 64.7 cm³/mol. The number of ether oxygens (including phenoxy) is 1. The third kappa shape index (κ3) is 4.22. The number of hydrogen-bond acceptors (Lipinski definition) is 2. The first-order chi connectivity index (χ1) is 8.49. The Labute approximate surface area is 105 Å². The first kappa shape index (κ1) is 14.8. The minimum absolute atomic E-state index is 0.0984. The molecule has 0 radical (unpaired) electrons.